The fourth-order valence-electron chi connectivity index (χ4n) is 0. The number of hydrogen-bond donors (Lipinski definition) is 1. The fourth-order valence-corrected chi connectivity index (χ4v) is 0. The first-order chi connectivity index (χ1) is 2.64. The summed E-state index contributed by atoms with van der Waals surface area (Å²) < 4.78 is 0. The second-order valence-corrected chi connectivity index (χ2v) is 1.61. The molecule has 0 aromatic carbocycles. The van der Waals surface area contributed by atoms with Crippen LogP contribution in [0.25, 0.3) is 0 Å². The maximum absolute atomic E-state index is 9.57. The quantitative estimate of drug-likeness (QED) is 0.445. The van der Waals surface area contributed by atoms with Gasteiger partial charge in [0.1, 0.15) is 5.38 Å². The molecule has 1 atom stereocenters. The van der Waals surface area contributed by atoms with Crippen molar-refractivity contribution in [3.05, 3.63) is 0 Å². The summed E-state index contributed by atoms with van der Waals surface area (Å²) in [6.45, 7) is 1.41. The van der Waals surface area contributed by atoms with Crippen molar-refractivity contribution in [1.82, 2.24) is 0 Å². The molecule has 0 aromatic heterocycles. The van der Waals surface area contributed by atoms with Crippen LogP contribution in [0, 0.1) is 0 Å². The molecule has 0 bridgehead atoms. The van der Waals surface area contributed by atoms with Gasteiger partial charge in [0.05, 0.1) is 0 Å². The molecule has 0 aliphatic rings. The Labute approximate surface area is 82.3 Å². The molecule has 8 heavy (non-hydrogen) atoms. The number of rotatable bonds is 1. The zero-order valence-electron chi connectivity index (χ0n) is 3.81. The summed E-state index contributed by atoms with van der Waals surface area (Å²) in [6, 6.07) is 0. The van der Waals surface area contributed by atoms with Crippen LogP contribution in [0.1, 0.15) is 6.92 Å². The minimum absolute atomic E-state index is 0. The normalized spacial score (nSPS) is 10.2. The Bertz CT molecular complexity index is 68.3. The van der Waals surface area contributed by atoms with Crippen LogP contribution in [-0.4, -0.2) is 46.0 Å². The summed E-state index contributed by atoms with van der Waals surface area (Å²) in [6.07, 6.45) is 0. The standard InChI is InChI=1S/C3H5ClO2.Na.H2S.H/c1-2(4)3(5)6;;;/h2H,1H3,(H,5,6);;1H2;. The Morgan fingerprint density at radius 3 is 1.88 bits per heavy atom. The van der Waals surface area contributed by atoms with E-state index in [0.29, 0.717) is 0 Å². The van der Waals surface area contributed by atoms with E-state index in [0.717, 1.165) is 0 Å². The number of carbonyl (C=O) groups is 1. The van der Waals surface area contributed by atoms with Crippen molar-refractivity contribution in [1.29, 1.82) is 0 Å². The molecule has 46 valence electrons. The molecule has 0 aliphatic carbocycles. The first-order valence-electron chi connectivity index (χ1n) is 1.51. The molecule has 1 unspecified atom stereocenters. The first-order valence-corrected chi connectivity index (χ1v) is 1.95. The van der Waals surface area contributed by atoms with E-state index in [1.807, 2.05) is 0 Å². The van der Waals surface area contributed by atoms with Crippen LogP contribution in [-0.2, 0) is 4.79 Å². The molecular formula is C3H8ClNaO2S. The predicted molar refractivity (Wildman–Crippen MR) is 40.5 cm³/mol. The van der Waals surface area contributed by atoms with E-state index >= 15 is 0 Å². The number of carboxylic acids is 1. The predicted octanol–water partition coefficient (Wildman–Crippen LogP) is 0.163. The van der Waals surface area contributed by atoms with Crippen LogP contribution in [0.4, 0.5) is 0 Å². The molecule has 0 spiro atoms. The number of halogens is 1. The van der Waals surface area contributed by atoms with Gasteiger partial charge in [-0.3, -0.25) is 4.79 Å². The summed E-state index contributed by atoms with van der Waals surface area (Å²) in [7, 11) is 0. The van der Waals surface area contributed by atoms with E-state index in [2.05, 4.69) is 0 Å². The Kier molecular flexibility index (Phi) is 16.3. The Morgan fingerprint density at radius 1 is 1.75 bits per heavy atom. The molecule has 1 N–H and O–H groups in total. The van der Waals surface area contributed by atoms with Crippen LogP contribution in [0.3, 0.4) is 0 Å². The van der Waals surface area contributed by atoms with E-state index in [9.17, 15) is 4.79 Å². The van der Waals surface area contributed by atoms with Crippen molar-refractivity contribution in [3.8, 4) is 0 Å². The molecule has 2 nitrogen and oxygen atoms in total. The number of hydrogen-bond acceptors (Lipinski definition) is 1. The summed E-state index contributed by atoms with van der Waals surface area (Å²) >= 11 is 5.01. The third kappa shape index (κ3) is 10.2. The fraction of sp³-hybridized carbons (Fsp3) is 0.667. The molecule has 0 radical (unpaired) electrons. The molecule has 0 amide bonds. The molecule has 0 fully saturated rings. The molecule has 0 saturated heterocycles. The molecule has 0 aromatic rings. The van der Waals surface area contributed by atoms with Gasteiger partial charge >= 0.3 is 35.5 Å². The van der Waals surface area contributed by atoms with Gasteiger partial charge in [0.15, 0.2) is 0 Å². The second kappa shape index (κ2) is 8.11. The number of aliphatic carboxylic acids is 1. The monoisotopic (exact) mass is 166 g/mol. The maximum atomic E-state index is 9.57. The minimum atomic E-state index is -0.975. The van der Waals surface area contributed by atoms with Crippen molar-refractivity contribution in [2.45, 2.75) is 12.3 Å². The zero-order valence-corrected chi connectivity index (χ0v) is 5.57. The summed E-state index contributed by atoms with van der Waals surface area (Å²) in [4.78, 5) is 9.57. The third-order valence-electron chi connectivity index (χ3n) is 0.340. The van der Waals surface area contributed by atoms with Crippen molar-refractivity contribution >= 4 is 60.6 Å². The van der Waals surface area contributed by atoms with Gasteiger partial charge in [-0.15, -0.1) is 11.6 Å². The van der Waals surface area contributed by atoms with Crippen molar-refractivity contribution in [3.63, 3.8) is 0 Å². The first kappa shape index (κ1) is 16.1. The van der Waals surface area contributed by atoms with Gasteiger partial charge in [0.2, 0.25) is 0 Å². The van der Waals surface area contributed by atoms with Crippen molar-refractivity contribution in [2.24, 2.45) is 0 Å². The van der Waals surface area contributed by atoms with Gasteiger partial charge in [0, 0.05) is 0 Å². The molecule has 0 rings (SSSR count). The Morgan fingerprint density at radius 2 is 1.88 bits per heavy atom. The number of alkyl halides is 1. The zero-order chi connectivity index (χ0) is 5.15. The average molecular weight is 167 g/mol. The van der Waals surface area contributed by atoms with Crippen LogP contribution < -0.4 is 0 Å². The average Bonchev–Trinajstić information content (AvgIpc) is 1.36. The van der Waals surface area contributed by atoms with E-state index in [-0.39, 0.29) is 43.1 Å². The summed E-state index contributed by atoms with van der Waals surface area (Å²) in [5.41, 5.74) is 0. The van der Waals surface area contributed by atoms with Crippen LogP contribution in [0.15, 0.2) is 0 Å². The molecule has 0 saturated carbocycles. The van der Waals surface area contributed by atoms with Gasteiger partial charge in [-0.25, -0.2) is 0 Å². The van der Waals surface area contributed by atoms with E-state index in [1.54, 1.807) is 0 Å². The molecule has 0 heterocycles. The Hall–Kier alpha value is 1.11. The molecule has 0 aliphatic heterocycles. The van der Waals surface area contributed by atoms with Crippen LogP contribution in [0.5, 0.6) is 0 Å². The molecular weight excluding hydrogens is 159 g/mol. The SMILES string of the molecule is CC(Cl)C(=O)O.S.[NaH]. The number of carboxylic acid groups (broad SMARTS) is 1. The topological polar surface area (TPSA) is 37.3 Å². The van der Waals surface area contributed by atoms with Crippen LogP contribution >= 0.6 is 25.1 Å². The van der Waals surface area contributed by atoms with Gasteiger partial charge in [-0.05, 0) is 6.92 Å². The van der Waals surface area contributed by atoms with E-state index < -0.39 is 11.3 Å². The van der Waals surface area contributed by atoms with E-state index in [4.69, 9.17) is 16.7 Å². The summed E-state index contributed by atoms with van der Waals surface area (Å²) in [5, 5.41) is 7.10. The van der Waals surface area contributed by atoms with Gasteiger partial charge in [-0.1, -0.05) is 0 Å². The van der Waals surface area contributed by atoms with Crippen molar-refractivity contribution in [2.75, 3.05) is 0 Å². The summed E-state index contributed by atoms with van der Waals surface area (Å²) in [5.74, 6) is -0.975. The van der Waals surface area contributed by atoms with Crippen molar-refractivity contribution < 1.29 is 9.90 Å². The van der Waals surface area contributed by atoms with Gasteiger partial charge in [0.25, 0.3) is 0 Å². The van der Waals surface area contributed by atoms with Gasteiger partial charge < -0.3 is 5.11 Å². The van der Waals surface area contributed by atoms with Crippen LogP contribution in [0.2, 0.25) is 0 Å². The van der Waals surface area contributed by atoms with E-state index in [1.165, 1.54) is 6.92 Å². The van der Waals surface area contributed by atoms with Gasteiger partial charge in [-0.2, -0.15) is 13.5 Å². The second-order valence-electron chi connectivity index (χ2n) is 0.954. The molecule has 5 heteroatoms. The Balaban J connectivity index is -0.000000125. The third-order valence-corrected chi connectivity index (χ3v) is 0.527.